The smallest absolute Gasteiger partial charge is 0.186 e. The standard InChI is InChI=1S/C14H16N2O2/c1-17-13-11(15)8-10(12(16)14(13)18-2)9-6-4-3-5-7-9/h3-8H,15-16H2,1-2H3. The molecular formula is C14H16N2O2. The highest BCUT2D eigenvalue weighted by atomic mass is 16.5. The second-order valence-electron chi connectivity index (χ2n) is 3.86. The van der Waals surface area contributed by atoms with E-state index in [-0.39, 0.29) is 0 Å². The van der Waals surface area contributed by atoms with Gasteiger partial charge in [-0.1, -0.05) is 30.3 Å². The molecule has 0 bridgehead atoms. The molecule has 18 heavy (non-hydrogen) atoms. The Hall–Kier alpha value is -2.36. The molecule has 2 aromatic carbocycles. The van der Waals surface area contributed by atoms with Crippen molar-refractivity contribution in [3.63, 3.8) is 0 Å². The molecule has 0 fully saturated rings. The third-order valence-corrected chi connectivity index (χ3v) is 2.80. The zero-order valence-electron chi connectivity index (χ0n) is 10.4. The third-order valence-electron chi connectivity index (χ3n) is 2.80. The molecule has 0 unspecified atom stereocenters. The molecule has 4 heteroatoms. The fraction of sp³-hybridized carbons (Fsp3) is 0.143. The summed E-state index contributed by atoms with van der Waals surface area (Å²) in [4.78, 5) is 0. The topological polar surface area (TPSA) is 70.5 Å². The van der Waals surface area contributed by atoms with Gasteiger partial charge in [-0.2, -0.15) is 0 Å². The molecule has 4 N–H and O–H groups in total. The Balaban J connectivity index is 2.67. The van der Waals surface area contributed by atoms with Crippen LogP contribution in [0.5, 0.6) is 11.5 Å². The van der Waals surface area contributed by atoms with Crippen molar-refractivity contribution in [1.29, 1.82) is 0 Å². The molecule has 0 heterocycles. The number of anilines is 2. The van der Waals surface area contributed by atoms with Crippen LogP contribution in [0.4, 0.5) is 11.4 Å². The molecular weight excluding hydrogens is 228 g/mol. The number of nitrogen functional groups attached to an aromatic ring is 2. The van der Waals surface area contributed by atoms with Crippen molar-refractivity contribution >= 4 is 11.4 Å². The van der Waals surface area contributed by atoms with E-state index in [1.165, 1.54) is 7.11 Å². The van der Waals surface area contributed by atoms with Gasteiger partial charge >= 0.3 is 0 Å². The maximum Gasteiger partial charge on any atom is 0.186 e. The maximum absolute atomic E-state index is 6.11. The molecule has 0 aliphatic heterocycles. The van der Waals surface area contributed by atoms with E-state index < -0.39 is 0 Å². The predicted molar refractivity (Wildman–Crippen MR) is 73.8 cm³/mol. The van der Waals surface area contributed by atoms with Gasteiger partial charge in [0.05, 0.1) is 25.6 Å². The Morgan fingerprint density at radius 3 is 2.06 bits per heavy atom. The molecule has 4 nitrogen and oxygen atoms in total. The molecule has 0 aliphatic carbocycles. The molecule has 0 amide bonds. The van der Waals surface area contributed by atoms with Crippen LogP contribution >= 0.6 is 0 Å². The van der Waals surface area contributed by atoms with E-state index in [0.717, 1.165) is 11.1 Å². The number of nitrogens with two attached hydrogens (primary N) is 2. The first-order valence-electron chi connectivity index (χ1n) is 5.54. The minimum Gasteiger partial charge on any atom is -0.491 e. The summed E-state index contributed by atoms with van der Waals surface area (Å²) in [5, 5.41) is 0. The van der Waals surface area contributed by atoms with Crippen molar-refractivity contribution < 1.29 is 9.47 Å². The van der Waals surface area contributed by atoms with Crippen LogP contribution in [0.25, 0.3) is 11.1 Å². The van der Waals surface area contributed by atoms with Crippen LogP contribution in [-0.2, 0) is 0 Å². The Morgan fingerprint density at radius 1 is 0.889 bits per heavy atom. The van der Waals surface area contributed by atoms with E-state index in [4.69, 9.17) is 20.9 Å². The second-order valence-corrected chi connectivity index (χ2v) is 3.86. The van der Waals surface area contributed by atoms with Gasteiger partial charge in [0.25, 0.3) is 0 Å². The first-order valence-corrected chi connectivity index (χ1v) is 5.54. The van der Waals surface area contributed by atoms with Gasteiger partial charge in [0.1, 0.15) is 0 Å². The highest BCUT2D eigenvalue weighted by molar-refractivity contribution is 5.87. The van der Waals surface area contributed by atoms with Crippen LogP contribution in [0, 0.1) is 0 Å². The SMILES string of the molecule is COc1c(N)cc(-c2ccccc2)c(N)c1OC. The summed E-state index contributed by atoms with van der Waals surface area (Å²) in [6.07, 6.45) is 0. The van der Waals surface area contributed by atoms with Gasteiger partial charge in [0.15, 0.2) is 11.5 Å². The fourth-order valence-corrected chi connectivity index (χ4v) is 1.94. The summed E-state index contributed by atoms with van der Waals surface area (Å²) < 4.78 is 10.5. The highest BCUT2D eigenvalue weighted by Gasteiger charge is 2.16. The summed E-state index contributed by atoms with van der Waals surface area (Å²) in [5.41, 5.74) is 14.9. The molecule has 0 aliphatic rings. The molecule has 0 saturated carbocycles. The Bertz CT molecular complexity index is 553. The summed E-state index contributed by atoms with van der Waals surface area (Å²) in [5.74, 6) is 0.936. The lowest BCUT2D eigenvalue weighted by Gasteiger charge is -2.16. The number of hydrogen-bond acceptors (Lipinski definition) is 4. The first kappa shape index (κ1) is 12.1. The summed E-state index contributed by atoms with van der Waals surface area (Å²) in [6, 6.07) is 11.6. The van der Waals surface area contributed by atoms with Gasteiger partial charge < -0.3 is 20.9 Å². The van der Waals surface area contributed by atoms with Gasteiger partial charge in [-0.3, -0.25) is 0 Å². The minimum atomic E-state index is 0.467. The van der Waals surface area contributed by atoms with Gasteiger partial charge in [0, 0.05) is 5.56 Å². The molecule has 0 atom stereocenters. The summed E-state index contributed by atoms with van der Waals surface area (Å²) >= 11 is 0. The van der Waals surface area contributed by atoms with E-state index >= 15 is 0 Å². The lowest BCUT2D eigenvalue weighted by Crippen LogP contribution is -2.02. The number of hydrogen-bond donors (Lipinski definition) is 2. The monoisotopic (exact) mass is 244 g/mol. The average molecular weight is 244 g/mol. The molecule has 0 spiro atoms. The molecule has 0 saturated heterocycles. The number of ether oxygens (including phenoxy) is 2. The van der Waals surface area contributed by atoms with Crippen molar-refractivity contribution in [2.45, 2.75) is 0 Å². The van der Waals surface area contributed by atoms with Crippen LogP contribution in [0.3, 0.4) is 0 Å². The zero-order chi connectivity index (χ0) is 13.1. The van der Waals surface area contributed by atoms with Crippen molar-refractivity contribution in [1.82, 2.24) is 0 Å². The van der Waals surface area contributed by atoms with Crippen LogP contribution in [-0.4, -0.2) is 14.2 Å². The van der Waals surface area contributed by atoms with Crippen LogP contribution < -0.4 is 20.9 Å². The zero-order valence-corrected chi connectivity index (χ0v) is 10.4. The highest BCUT2D eigenvalue weighted by Crippen LogP contribution is 2.44. The second kappa shape index (κ2) is 4.87. The fourth-order valence-electron chi connectivity index (χ4n) is 1.94. The molecule has 2 rings (SSSR count). The van der Waals surface area contributed by atoms with E-state index in [9.17, 15) is 0 Å². The first-order chi connectivity index (χ1) is 8.69. The van der Waals surface area contributed by atoms with E-state index in [2.05, 4.69) is 0 Å². The van der Waals surface area contributed by atoms with E-state index in [0.29, 0.717) is 22.9 Å². The summed E-state index contributed by atoms with van der Waals surface area (Å²) in [6.45, 7) is 0. The third kappa shape index (κ3) is 1.93. The van der Waals surface area contributed by atoms with Crippen molar-refractivity contribution in [3.05, 3.63) is 36.4 Å². The van der Waals surface area contributed by atoms with Gasteiger partial charge in [-0.25, -0.2) is 0 Å². The van der Waals surface area contributed by atoms with Crippen LogP contribution in [0.15, 0.2) is 36.4 Å². The normalized spacial score (nSPS) is 10.1. The van der Waals surface area contributed by atoms with Crippen LogP contribution in [0.2, 0.25) is 0 Å². The molecule has 0 aromatic heterocycles. The number of benzene rings is 2. The van der Waals surface area contributed by atoms with Gasteiger partial charge in [-0.15, -0.1) is 0 Å². The minimum absolute atomic E-state index is 0.467. The molecule has 2 aromatic rings. The lowest BCUT2D eigenvalue weighted by molar-refractivity contribution is 0.358. The van der Waals surface area contributed by atoms with Crippen molar-refractivity contribution in [2.75, 3.05) is 25.7 Å². The lowest BCUT2D eigenvalue weighted by atomic mass is 10.0. The predicted octanol–water partition coefficient (Wildman–Crippen LogP) is 2.54. The van der Waals surface area contributed by atoms with E-state index in [1.54, 1.807) is 13.2 Å². The van der Waals surface area contributed by atoms with Gasteiger partial charge in [0.2, 0.25) is 0 Å². The van der Waals surface area contributed by atoms with Gasteiger partial charge in [-0.05, 0) is 11.6 Å². The largest absolute Gasteiger partial charge is 0.491 e. The molecule has 0 radical (unpaired) electrons. The number of methoxy groups -OCH3 is 2. The Morgan fingerprint density at radius 2 is 1.50 bits per heavy atom. The van der Waals surface area contributed by atoms with Crippen molar-refractivity contribution in [2.24, 2.45) is 0 Å². The average Bonchev–Trinajstić information content (AvgIpc) is 2.41. The summed E-state index contributed by atoms with van der Waals surface area (Å²) in [7, 11) is 3.08. The Kier molecular flexibility index (Phi) is 3.28. The van der Waals surface area contributed by atoms with Crippen molar-refractivity contribution in [3.8, 4) is 22.6 Å². The maximum atomic E-state index is 6.11. The molecule has 94 valence electrons. The Labute approximate surface area is 106 Å². The number of rotatable bonds is 3. The van der Waals surface area contributed by atoms with Crippen LogP contribution in [0.1, 0.15) is 0 Å². The quantitative estimate of drug-likeness (QED) is 0.814. The van der Waals surface area contributed by atoms with E-state index in [1.807, 2.05) is 30.3 Å².